The zero-order chi connectivity index (χ0) is 10.7. The smallest absolute Gasteiger partial charge is 0.407 e. The van der Waals surface area contributed by atoms with Gasteiger partial charge in [-0.15, -0.1) is 0 Å². The number of nitrogens with one attached hydrogen (secondary N) is 1. The van der Waals surface area contributed by atoms with E-state index in [1.807, 2.05) is 0 Å². The Morgan fingerprint density at radius 2 is 1.93 bits per heavy atom. The lowest BCUT2D eigenvalue weighted by molar-refractivity contribution is 0.0656. The minimum atomic E-state index is -0.229. The number of hydrogen-bond acceptors (Lipinski definition) is 2. The lowest BCUT2D eigenvalue weighted by Crippen LogP contribution is -2.55. The monoisotopic (exact) mass is 211 g/mol. The highest BCUT2D eigenvalue weighted by molar-refractivity contribution is 5.69. The Bertz CT molecular complexity index is 234. The van der Waals surface area contributed by atoms with Crippen molar-refractivity contribution in [3.05, 3.63) is 0 Å². The Hall–Kier alpha value is -0.730. The van der Waals surface area contributed by atoms with Gasteiger partial charge in [-0.3, -0.25) is 0 Å². The van der Waals surface area contributed by atoms with E-state index >= 15 is 0 Å². The van der Waals surface area contributed by atoms with Crippen molar-refractivity contribution < 1.29 is 9.53 Å². The Morgan fingerprint density at radius 1 is 1.27 bits per heavy atom. The molecule has 0 spiro atoms. The van der Waals surface area contributed by atoms with E-state index in [1.54, 1.807) is 0 Å². The number of alkyl carbamates (subject to hydrolysis) is 1. The molecular weight excluding hydrogens is 190 g/mol. The molecule has 2 aliphatic rings. The maximum atomic E-state index is 11.3. The highest BCUT2D eigenvalue weighted by Crippen LogP contribution is 2.34. The number of carbonyl (C=O) groups is 1. The molecule has 1 amide bonds. The summed E-state index contributed by atoms with van der Waals surface area (Å²) in [6.45, 7) is 2.77. The van der Waals surface area contributed by atoms with Gasteiger partial charge in [0.2, 0.25) is 0 Å². The first kappa shape index (κ1) is 10.8. The molecule has 1 saturated carbocycles. The number of rotatable bonds is 1. The molecule has 1 aliphatic carbocycles. The topological polar surface area (TPSA) is 38.3 Å². The van der Waals surface area contributed by atoms with E-state index in [-0.39, 0.29) is 11.6 Å². The van der Waals surface area contributed by atoms with Gasteiger partial charge in [-0.25, -0.2) is 4.79 Å². The standard InChI is InChI=1S/C12H21NO2/c1-12(8-9-15-11(14)13-12)10-6-4-2-3-5-7-10/h10H,2-9H2,1H3,(H,13,14). The van der Waals surface area contributed by atoms with E-state index in [1.165, 1.54) is 38.5 Å². The second-order valence-corrected chi connectivity index (χ2v) is 5.12. The summed E-state index contributed by atoms with van der Waals surface area (Å²) in [7, 11) is 0. The highest BCUT2D eigenvalue weighted by Gasteiger charge is 2.38. The number of hydrogen-bond donors (Lipinski definition) is 1. The Kier molecular flexibility index (Phi) is 3.17. The van der Waals surface area contributed by atoms with Gasteiger partial charge in [-0.2, -0.15) is 0 Å². The molecule has 1 aliphatic heterocycles. The summed E-state index contributed by atoms with van der Waals surface area (Å²) < 4.78 is 4.95. The first-order valence-corrected chi connectivity index (χ1v) is 6.16. The molecule has 2 fully saturated rings. The van der Waals surface area contributed by atoms with Crippen molar-refractivity contribution in [3.63, 3.8) is 0 Å². The highest BCUT2D eigenvalue weighted by atomic mass is 16.6. The molecule has 1 N–H and O–H groups in total. The lowest BCUT2D eigenvalue weighted by atomic mass is 9.78. The molecule has 2 rings (SSSR count). The van der Waals surface area contributed by atoms with E-state index < -0.39 is 0 Å². The van der Waals surface area contributed by atoms with Crippen LogP contribution in [0, 0.1) is 5.92 Å². The zero-order valence-electron chi connectivity index (χ0n) is 9.55. The van der Waals surface area contributed by atoms with Gasteiger partial charge in [0.15, 0.2) is 0 Å². The van der Waals surface area contributed by atoms with Gasteiger partial charge in [-0.1, -0.05) is 25.7 Å². The zero-order valence-corrected chi connectivity index (χ0v) is 9.55. The van der Waals surface area contributed by atoms with Crippen LogP contribution in [0.2, 0.25) is 0 Å². The summed E-state index contributed by atoms with van der Waals surface area (Å²) in [4.78, 5) is 11.3. The number of cyclic esters (lactones) is 1. The first-order chi connectivity index (χ1) is 7.21. The molecule has 0 radical (unpaired) electrons. The van der Waals surface area contributed by atoms with Crippen molar-refractivity contribution in [1.82, 2.24) is 5.32 Å². The fourth-order valence-electron chi connectivity index (χ4n) is 2.91. The average molecular weight is 211 g/mol. The molecular formula is C12H21NO2. The maximum Gasteiger partial charge on any atom is 0.407 e. The third-order valence-electron chi connectivity index (χ3n) is 4.00. The van der Waals surface area contributed by atoms with Crippen LogP contribution in [0.4, 0.5) is 4.79 Å². The minimum Gasteiger partial charge on any atom is -0.449 e. The van der Waals surface area contributed by atoms with Gasteiger partial charge >= 0.3 is 6.09 Å². The second kappa shape index (κ2) is 4.42. The molecule has 86 valence electrons. The minimum absolute atomic E-state index is 0.0142. The fraction of sp³-hybridized carbons (Fsp3) is 0.917. The summed E-state index contributed by atoms with van der Waals surface area (Å²) in [6.07, 6.45) is 8.60. The quantitative estimate of drug-likeness (QED) is 0.677. The molecule has 15 heavy (non-hydrogen) atoms. The van der Waals surface area contributed by atoms with Crippen LogP contribution in [-0.2, 0) is 4.74 Å². The van der Waals surface area contributed by atoms with E-state index in [0.717, 1.165) is 6.42 Å². The molecule has 0 bridgehead atoms. The Labute approximate surface area is 91.6 Å². The molecule has 3 nitrogen and oxygen atoms in total. The summed E-state index contributed by atoms with van der Waals surface area (Å²) >= 11 is 0. The van der Waals surface area contributed by atoms with Crippen molar-refractivity contribution >= 4 is 6.09 Å². The van der Waals surface area contributed by atoms with Crippen LogP contribution in [-0.4, -0.2) is 18.2 Å². The van der Waals surface area contributed by atoms with Crippen molar-refractivity contribution in [1.29, 1.82) is 0 Å². The third-order valence-corrected chi connectivity index (χ3v) is 4.00. The lowest BCUT2D eigenvalue weighted by Gasteiger charge is -2.40. The number of amides is 1. The molecule has 1 unspecified atom stereocenters. The van der Waals surface area contributed by atoms with Crippen molar-refractivity contribution in [2.24, 2.45) is 5.92 Å². The molecule has 3 heteroatoms. The van der Waals surface area contributed by atoms with E-state index in [9.17, 15) is 4.79 Å². The van der Waals surface area contributed by atoms with Gasteiger partial charge in [0.05, 0.1) is 6.61 Å². The van der Waals surface area contributed by atoms with Gasteiger partial charge in [0.25, 0.3) is 0 Å². The van der Waals surface area contributed by atoms with Crippen molar-refractivity contribution in [3.8, 4) is 0 Å². The van der Waals surface area contributed by atoms with Gasteiger partial charge in [0, 0.05) is 12.0 Å². The SMILES string of the molecule is CC1(C2CCCCCC2)CCOC(=O)N1. The normalized spacial score (nSPS) is 34.1. The molecule has 1 atom stereocenters. The van der Waals surface area contributed by atoms with E-state index in [4.69, 9.17) is 4.74 Å². The van der Waals surface area contributed by atoms with E-state index in [2.05, 4.69) is 12.2 Å². The van der Waals surface area contributed by atoms with Crippen LogP contribution in [0.15, 0.2) is 0 Å². The van der Waals surface area contributed by atoms with Gasteiger partial charge in [0.1, 0.15) is 0 Å². The van der Waals surface area contributed by atoms with Crippen LogP contribution in [0.25, 0.3) is 0 Å². The Balaban J connectivity index is 2.02. The fourth-order valence-corrected chi connectivity index (χ4v) is 2.91. The van der Waals surface area contributed by atoms with Gasteiger partial charge in [-0.05, 0) is 25.7 Å². The summed E-state index contributed by atoms with van der Waals surface area (Å²) in [5.41, 5.74) is -0.0142. The average Bonchev–Trinajstić information content (AvgIpc) is 2.45. The van der Waals surface area contributed by atoms with Crippen LogP contribution < -0.4 is 5.32 Å². The van der Waals surface area contributed by atoms with Crippen molar-refractivity contribution in [2.75, 3.05) is 6.61 Å². The molecule has 1 heterocycles. The molecule has 0 aromatic rings. The number of carbonyl (C=O) groups excluding carboxylic acids is 1. The predicted molar refractivity (Wildman–Crippen MR) is 58.7 cm³/mol. The Morgan fingerprint density at radius 3 is 2.53 bits per heavy atom. The van der Waals surface area contributed by atoms with Crippen LogP contribution in [0.1, 0.15) is 51.9 Å². The van der Waals surface area contributed by atoms with Crippen LogP contribution in [0.3, 0.4) is 0 Å². The largest absolute Gasteiger partial charge is 0.449 e. The van der Waals surface area contributed by atoms with E-state index in [0.29, 0.717) is 12.5 Å². The molecule has 0 aromatic carbocycles. The maximum absolute atomic E-state index is 11.3. The van der Waals surface area contributed by atoms with Gasteiger partial charge < -0.3 is 10.1 Å². The second-order valence-electron chi connectivity index (χ2n) is 5.12. The molecule has 0 aromatic heterocycles. The van der Waals surface area contributed by atoms with Crippen LogP contribution in [0.5, 0.6) is 0 Å². The summed E-state index contributed by atoms with van der Waals surface area (Å²) in [5.74, 6) is 0.646. The number of ether oxygens (including phenoxy) is 1. The summed E-state index contributed by atoms with van der Waals surface area (Å²) in [6, 6.07) is 0. The predicted octanol–water partition coefficient (Wildman–Crippen LogP) is 2.85. The molecule has 1 saturated heterocycles. The van der Waals surface area contributed by atoms with Crippen molar-refractivity contribution in [2.45, 2.75) is 57.4 Å². The third kappa shape index (κ3) is 2.44. The van der Waals surface area contributed by atoms with Crippen LogP contribution >= 0.6 is 0 Å². The summed E-state index contributed by atoms with van der Waals surface area (Å²) in [5, 5.41) is 3.03. The first-order valence-electron chi connectivity index (χ1n) is 6.16.